The predicted molar refractivity (Wildman–Crippen MR) is 85.7 cm³/mol. The molecule has 0 aromatic heterocycles. The van der Waals surface area contributed by atoms with Crippen LogP contribution in [0.2, 0.25) is 0 Å². The van der Waals surface area contributed by atoms with E-state index in [-0.39, 0.29) is 0 Å². The number of methoxy groups -OCH3 is 1. The number of unbranched alkanes of at least 4 members (excludes halogenated alkanes) is 1. The van der Waals surface area contributed by atoms with Gasteiger partial charge in [0, 0.05) is 7.11 Å². The van der Waals surface area contributed by atoms with Crippen molar-refractivity contribution in [1.82, 2.24) is 0 Å². The molecular formula is C18H32O. The average molecular weight is 264 g/mol. The molecule has 0 fully saturated rings. The predicted octanol–water partition coefficient (Wildman–Crippen LogP) is 5.41. The molecule has 110 valence electrons. The van der Waals surface area contributed by atoms with Gasteiger partial charge < -0.3 is 4.74 Å². The first-order valence-electron chi connectivity index (χ1n) is 7.58. The van der Waals surface area contributed by atoms with Gasteiger partial charge in [-0.15, -0.1) is 0 Å². The summed E-state index contributed by atoms with van der Waals surface area (Å²) in [5, 5.41) is 0. The Morgan fingerprint density at radius 3 is 2.37 bits per heavy atom. The van der Waals surface area contributed by atoms with Crippen LogP contribution < -0.4 is 0 Å². The van der Waals surface area contributed by atoms with Gasteiger partial charge in [-0.3, -0.25) is 0 Å². The molecule has 0 aliphatic heterocycles. The van der Waals surface area contributed by atoms with Gasteiger partial charge in [0.25, 0.3) is 0 Å². The summed E-state index contributed by atoms with van der Waals surface area (Å²) in [7, 11) is 1.79. The quantitative estimate of drug-likeness (QED) is 0.599. The van der Waals surface area contributed by atoms with Gasteiger partial charge in [0.1, 0.15) is 0 Å². The Kier molecular flexibility index (Phi) is 9.59. The molecule has 0 bridgehead atoms. The number of hydrogen-bond acceptors (Lipinski definition) is 1. The van der Waals surface area contributed by atoms with Gasteiger partial charge in [-0.05, 0) is 37.2 Å². The molecule has 0 N–H and O–H groups in total. The first-order valence-corrected chi connectivity index (χ1v) is 7.58. The highest BCUT2D eigenvalue weighted by atomic mass is 16.5. The third kappa shape index (κ3) is 8.83. The zero-order valence-corrected chi connectivity index (χ0v) is 13.8. The van der Waals surface area contributed by atoms with Crippen molar-refractivity contribution in [2.75, 3.05) is 13.7 Å². The average Bonchev–Trinajstić information content (AvgIpc) is 2.37. The summed E-state index contributed by atoms with van der Waals surface area (Å²) in [5.74, 6) is 0. The maximum atomic E-state index is 5.24. The lowest BCUT2D eigenvalue weighted by molar-refractivity contribution is 0.0963. The Morgan fingerprint density at radius 2 is 1.79 bits per heavy atom. The number of aryl methyl sites for hydroxylation is 2. The molecule has 0 atom stereocenters. The number of ether oxygens (including phenoxy) is 1. The molecule has 0 aliphatic rings. The van der Waals surface area contributed by atoms with Crippen molar-refractivity contribution in [3.63, 3.8) is 0 Å². The standard InChI is InChI=1S/C16H26O.C2H6/c1-14-8-7-10-15(12-14)9-5-6-11-16(2,3)13-17-4;1-2/h7-8,10,12H,5-6,9,11,13H2,1-4H3;1-2H3. The number of benzene rings is 1. The highest BCUT2D eigenvalue weighted by molar-refractivity contribution is 5.22. The minimum atomic E-state index is 0.321. The molecule has 0 spiro atoms. The van der Waals surface area contributed by atoms with Crippen LogP contribution in [0.4, 0.5) is 0 Å². The maximum absolute atomic E-state index is 5.24. The van der Waals surface area contributed by atoms with Gasteiger partial charge in [-0.1, -0.05) is 63.9 Å². The molecule has 0 heterocycles. The molecular weight excluding hydrogens is 232 g/mol. The summed E-state index contributed by atoms with van der Waals surface area (Å²) < 4.78 is 5.24. The molecule has 1 aromatic carbocycles. The van der Waals surface area contributed by atoms with Crippen molar-refractivity contribution >= 4 is 0 Å². The fourth-order valence-corrected chi connectivity index (χ4v) is 2.26. The molecule has 0 aliphatic carbocycles. The minimum Gasteiger partial charge on any atom is -0.384 e. The summed E-state index contributed by atoms with van der Waals surface area (Å²) >= 11 is 0. The van der Waals surface area contributed by atoms with E-state index < -0.39 is 0 Å². The fraction of sp³-hybridized carbons (Fsp3) is 0.667. The first kappa shape index (κ1) is 18.2. The van der Waals surface area contributed by atoms with E-state index in [2.05, 4.69) is 45.0 Å². The zero-order valence-electron chi connectivity index (χ0n) is 13.8. The molecule has 0 amide bonds. The number of hydrogen-bond donors (Lipinski definition) is 0. The minimum absolute atomic E-state index is 0.321. The van der Waals surface area contributed by atoms with Crippen LogP contribution in [-0.2, 0) is 11.2 Å². The van der Waals surface area contributed by atoms with Crippen molar-refractivity contribution in [2.24, 2.45) is 5.41 Å². The van der Waals surface area contributed by atoms with Crippen LogP contribution in [-0.4, -0.2) is 13.7 Å². The normalized spacial score (nSPS) is 10.8. The molecule has 0 saturated heterocycles. The van der Waals surface area contributed by atoms with Crippen LogP contribution in [0.1, 0.15) is 58.1 Å². The van der Waals surface area contributed by atoms with E-state index >= 15 is 0 Å². The van der Waals surface area contributed by atoms with Crippen molar-refractivity contribution in [2.45, 2.75) is 60.3 Å². The van der Waals surface area contributed by atoms with Crippen molar-refractivity contribution in [3.05, 3.63) is 35.4 Å². The van der Waals surface area contributed by atoms with E-state index in [0.717, 1.165) is 6.61 Å². The topological polar surface area (TPSA) is 9.23 Å². The second-order valence-electron chi connectivity index (χ2n) is 5.79. The molecule has 0 radical (unpaired) electrons. The van der Waals surface area contributed by atoms with Crippen LogP contribution in [0.5, 0.6) is 0 Å². The lowest BCUT2D eigenvalue weighted by atomic mass is 9.87. The van der Waals surface area contributed by atoms with Crippen molar-refractivity contribution in [3.8, 4) is 0 Å². The van der Waals surface area contributed by atoms with Gasteiger partial charge in [0.15, 0.2) is 0 Å². The number of rotatable bonds is 7. The van der Waals surface area contributed by atoms with Crippen LogP contribution >= 0.6 is 0 Å². The highest BCUT2D eigenvalue weighted by Gasteiger charge is 2.16. The smallest absolute Gasteiger partial charge is 0.0513 e. The van der Waals surface area contributed by atoms with Gasteiger partial charge in [0.05, 0.1) is 6.61 Å². The molecule has 1 rings (SSSR count). The Balaban J connectivity index is 0.00000154. The molecule has 1 aromatic rings. The summed E-state index contributed by atoms with van der Waals surface area (Å²) in [4.78, 5) is 0. The fourth-order valence-electron chi connectivity index (χ4n) is 2.26. The Labute approximate surface area is 120 Å². The van der Waals surface area contributed by atoms with Crippen molar-refractivity contribution in [1.29, 1.82) is 0 Å². The second kappa shape index (κ2) is 10.0. The molecule has 0 unspecified atom stereocenters. The van der Waals surface area contributed by atoms with E-state index in [1.807, 2.05) is 13.8 Å². The molecule has 0 saturated carbocycles. The third-order valence-corrected chi connectivity index (χ3v) is 3.19. The monoisotopic (exact) mass is 264 g/mol. The SMILES string of the molecule is CC.COCC(C)(C)CCCCc1cccc(C)c1. The largest absolute Gasteiger partial charge is 0.384 e. The van der Waals surface area contributed by atoms with E-state index in [0.29, 0.717) is 5.41 Å². The molecule has 1 nitrogen and oxygen atoms in total. The Morgan fingerprint density at radius 1 is 1.11 bits per heavy atom. The van der Waals surface area contributed by atoms with Crippen molar-refractivity contribution < 1.29 is 4.74 Å². The van der Waals surface area contributed by atoms with Gasteiger partial charge in [-0.25, -0.2) is 0 Å². The van der Waals surface area contributed by atoms with Gasteiger partial charge in [-0.2, -0.15) is 0 Å². The summed E-state index contributed by atoms with van der Waals surface area (Å²) in [6.07, 6.45) is 5.00. The molecule has 19 heavy (non-hydrogen) atoms. The van der Waals surface area contributed by atoms with E-state index in [1.54, 1.807) is 7.11 Å². The van der Waals surface area contributed by atoms with Crippen LogP contribution in [0.3, 0.4) is 0 Å². The molecule has 1 heteroatoms. The lowest BCUT2D eigenvalue weighted by Crippen LogP contribution is -2.18. The Hall–Kier alpha value is -0.820. The first-order chi connectivity index (χ1) is 9.03. The van der Waals surface area contributed by atoms with E-state index in [1.165, 1.54) is 36.8 Å². The third-order valence-electron chi connectivity index (χ3n) is 3.19. The second-order valence-corrected chi connectivity index (χ2v) is 5.79. The van der Waals surface area contributed by atoms with Crippen LogP contribution in [0, 0.1) is 12.3 Å². The van der Waals surface area contributed by atoms with E-state index in [4.69, 9.17) is 4.74 Å². The van der Waals surface area contributed by atoms with Gasteiger partial charge >= 0.3 is 0 Å². The van der Waals surface area contributed by atoms with Gasteiger partial charge in [0.2, 0.25) is 0 Å². The van der Waals surface area contributed by atoms with E-state index in [9.17, 15) is 0 Å². The van der Waals surface area contributed by atoms with Crippen LogP contribution in [0.15, 0.2) is 24.3 Å². The summed E-state index contributed by atoms with van der Waals surface area (Å²) in [6.45, 7) is 11.6. The highest BCUT2D eigenvalue weighted by Crippen LogP contribution is 2.23. The zero-order chi connectivity index (χ0) is 14.7. The Bertz CT molecular complexity index is 328. The lowest BCUT2D eigenvalue weighted by Gasteiger charge is -2.23. The van der Waals surface area contributed by atoms with Crippen LogP contribution in [0.25, 0.3) is 0 Å². The summed E-state index contributed by atoms with van der Waals surface area (Å²) in [5.41, 5.74) is 3.15. The summed E-state index contributed by atoms with van der Waals surface area (Å²) in [6, 6.07) is 8.83. The maximum Gasteiger partial charge on any atom is 0.0513 e.